The quantitative estimate of drug-likeness (QED) is 0.871. The number of carbonyl (C=O) groups is 2. The van der Waals surface area contributed by atoms with E-state index in [1.54, 1.807) is 43.7 Å². The van der Waals surface area contributed by atoms with Crippen molar-refractivity contribution < 1.29 is 14.3 Å². The summed E-state index contributed by atoms with van der Waals surface area (Å²) in [6, 6.07) is 12.6. The van der Waals surface area contributed by atoms with E-state index in [0.717, 1.165) is 18.4 Å². The molecule has 0 aliphatic heterocycles. The number of aromatic nitrogens is 1. The first kappa shape index (κ1) is 17.1. The average Bonchev–Trinajstić information content (AvgIpc) is 2.69. The van der Waals surface area contributed by atoms with Crippen LogP contribution in [0.4, 0.5) is 0 Å². The first-order valence-corrected chi connectivity index (χ1v) is 8.57. The van der Waals surface area contributed by atoms with Crippen LogP contribution in [0.5, 0.6) is 0 Å². The Kier molecular flexibility index (Phi) is 5.12. The largest absolute Gasteiger partial charge is 0.457 e. The molecule has 0 bridgehead atoms. The topological polar surface area (TPSA) is 68.3 Å². The third-order valence-corrected chi connectivity index (χ3v) is 4.90. The van der Waals surface area contributed by atoms with E-state index < -0.39 is 17.5 Å². The van der Waals surface area contributed by atoms with E-state index in [4.69, 9.17) is 4.74 Å². The Bertz CT molecular complexity index is 733. The molecule has 1 aliphatic rings. The minimum Gasteiger partial charge on any atom is -0.457 e. The van der Waals surface area contributed by atoms with Gasteiger partial charge in [-0.15, -0.1) is 0 Å². The lowest BCUT2D eigenvalue weighted by Crippen LogP contribution is -2.54. The van der Waals surface area contributed by atoms with Crippen molar-refractivity contribution in [1.82, 2.24) is 10.3 Å². The van der Waals surface area contributed by atoms with Gasteiger partial charge in [0.15, 0.2) is 0 Å². The van der Waals surface area contributed by atoms with Crippen LogP contribution < -0.4 is 5.32 Å². The number of esters is 1. The van der Waals surface area contributed by atoms with Crippen molar-refractivity contribution in [2.45, 2.75) is 37.2 Å². The number of nitrogens with one attached hydrogen (secondary N) is 1. The van der Waals surface area contributed by atoms with Crippen LogP contribution >= 0.6 is 0 Å². The highest BCUT2D eigenvalue weighted by Crippen LogP contribution is 2.41. The molecule has 25 heavy (non-hydrogen) atoms. The molecule has 5 nitrogen and oxygen atoms in total. The van der Waals surface area contributed by atoms with Crippen LogP contribution in [-0.4, -0.2) is 30.0 Å². The normalized spacial score (nSPS) is 22.8. The van der Waals surface area contributed by atoms with E-state index >= 15 is 0 Å². The number of benzene rings is 1. The maximum absolute atomic E-state index is 12.9. The van der Waals surface area contributed by atoms with E-state index in [1.807, 2.05) is 18.2 Å². The van der Waals surface area contributed by atoms with Gasteiger partial charge in [0.05, 0.1) is 5.56 Å². The van der Waals surface area contributed by atoms with Crippen LogP contribution in [0.3, 0.4) is 0 Å². The molecule has 0 radical (unpaired) electrons. The van der Waals surface area contributed by atoms with Gasteiger partial charge in [0.2, 0.25) is 5.91 Å². The number of rotatable bonds is 4. The number of amides is 1. The molecular weight excluding hydrogens is 316 g/mol. The van der Waals surface area contributed by atoms with Crippen LogP contribution in [0, 0.1) is 0 Å². The van der Waals surface area contributed by atoms with E-state index in [0.29, 0.717) is 18.4 Å². The van der Waals surface area contributed by atoms with Gasteiger partial charge in [0.1, 0.15) is 11.5 Å². The van der Waals surface area contributed by atoms with Gasteiger partial charge in [-0.3, -0.25) is 9.78 Å². The molecule has 2 atom stereocenters. The smallest absolute Gasteiger partial charge is 0.338 e. The van der Waals surface area contributed by atoms with Gasteiger partial charge in [-0.25, -0.2) is 4.79 Å². The summed E-state index contributed by atoms with van der Waals surface area (Å²) in [5.74, 6) is -0.532. The highest BCUT2D eigenvalue weighted by atomic mass is 16.5. The lowest BCUT2D eigenvalue weighted by atomic mass is 9.67. The predicted molar refractivity (Wildman–Crippen MR) is 94.1 cm³/mol. The average molecular weight is 338 g/mol. The summed E-state index contributed by atoms with van der Waals surface area (Å²) >= 11 is 0. The standard InChI is InChI=1S/C20H22N2O3/c1-21-19(24)20(16-10-7-13-22-14-16)12-6-5-11-17(20)25-18(23)15-8-3-2-4-9-15/h2-4,7-10,13-14,17H,5-6,11-12H2,1H3,(H,21,24)/t17-,20+/m1/s1. The Balaban J connectivity index is 1.97. The molecular formula is C20H22N2O3. The Morgan fingerprint density at radius 3 is 2.64 bits per heavy atom. The molecule has 2 aromatic rings. The summed E-state index contributed by atoms with van der Waals surface area (Å²) in [6.07, 6.45) is 5.97. The van der Waals surface area contributed by atoms with Crippen molar-refractivity contribution >= 4 is 11.9 Å². The minimum atomic E-state index is -0.897. The summed E-state index contributed by atoms with van der Waals surface area (Å²) in [7, 11) is 1.62. The zero-order valence-corrected chi connectivity index (χ0v) is 14.3. The molecule has 5 heteroatoms. The van der Waals surface area contributed by atoms with Gasteiger partial charge >= 0.3 is 5.97 Å². The van der Waals surface area contributed by atoms with Gasteiger partial charge in [0, 0.05) is 19.4 Å². The fraction of sp³-hybridized carbons (Fsp3) is 0.350. The summed E-state index contributed by atoms with van der Waals surface area (Å²) in [4.78, 5) is 29.6. The fourth-order valence-electron chi connectivity index (χ4n) is 3.64. The highest BCUT2D eigenvalue weighted by Gasteiger charge is 2.50. The van der Waals surface area contributed by atoms with Gasteiger partial charge in [0.25, 0.3) is 0 Å². The second-order valence-corrected chi connectivity index (χ2v) is 6.30. The van der Waals surface area contributed by atoms with E-state index in [1.165, 1.54) is 0 Å². The second-order valence-electron chi connectivity index (χ2n) is 6.30. The molecule has 0 spiro atoms. The molecule has 1 amide bonds. The third kappa shape index (κ3) is 3.27. The molecule has 0 saturated heterocycles. The van der Waals surface area contributed by atoms with Crippen molar-refractivity contribution in [3.8, 4) is 0 Å². The van der Waals surface area contributed by atoms with Crippen LogP contribution in [0.1, 0.15) is 41.6 Å². The van der Waals surface area contributed by atoms with Crippen LogP contribution in [-0.2, 0) is 14.9 Å². The van der Waals surface area contributed by atoms with E-state index in [9.17, 15) is 9.59 Å². The number of ether oxygens (including phenoxy) is 1. The zero-order chi connectivity index (χ0) is 17.7. The monoisotopic (exact) mass is 338 g/mol. The Labute approximate surface area is 147 Å². The first-order chi connectivity index (χ1) is 12.2. The molecule has 1 N–H and O–H groups in total. The van der Waals surface area contributed by atoms with Crippen molar-refractivity contribution in [2.24, 2.45) is 0 Å². The molecule has 3 rings (SSSR count). The zero-order valence-electron chi connectivity index (χ0n) is 14.3. The van der Waals surface area contributed by atoms with Crippen molar-refractivity contribution in [3.05, 3.63) is 66.0 Å². The summed E-state index contributed by atoms with van der Waals surface area (Å²) < 4.78 is 5.84. The van der Waals surface area contributed by atoms with Crippen molar-refractivity contribution in [1.29, 1.82) is 0 Å². The summed E-state index contributed by atoms with van der Waals surface area (Å²) in [6.45, 7) is 0. The van der Waals surface area contributed by atoms with Gasteiger partial charge in [-0.1, -0.05) is 30.7 Å². The van der Waals surface area contributed by atoms with Gasteiger partial charge in [-0.2, -0.15) is 0 Å². The lowest BCUT2D eigenvalue weighted by molar-refractivity contribution is -0.133. The van der Waals surface area contributed by atoms with Gasteiger partial charge in [-0.05, 0) is 43.0 Å². The van der Waals surface area contributed by atoms with Crippen LogP contribution in [0.2, 0.25) is 0 Å². The number of nitrogens with zero attached hydrogens (tertiary/aromatic N) is 1. The Morgan fingerprint density at radius 1 is 1.16 bits per heavy atom. The Hall–Kier alpha value is -2.69. The van der Waals surface area contributed by atoms with Crippen molar-refractivity contribution in [3.63, 3.8) is 0 Å². The highest BCUT2D eigenvalue weighted by molar-refractivity contribution is 5.92. The van der Waals surface area contributed by atoms with E-state index in [-0.39, 0.29) is 5.91 Å². The molecule has 1 fully saturated rings. The number of carbonyl (C=O) groups excluding carboxylic acids is 2. The lowest BCUT2D eigenvalue weighted by Gasteiger charge is -2.41. The maximum atomic E-state index is 12.9. The molecule has 1 aliphatic carbocycles. The fourth-order valence-corrected chi connectivity index (χ4v) is 3.64. The molecule has 1 saturated carbocycles. The van der Waals surface area contributed by atoms with Crippen molar-refractivity contribution in [2.75, 3.05) is 7.05 Å². The molecule has 0 unspecified atom stereocenters. The van der Waals surface area contributed by atoms with E-state index in [2.05, 4.69) is 10.3 Å². The molecule has 130 valence electrons. The number of likely N-dealkylation sites (N-methyl/N-ethyl adjacent to an activating group) is 1. The van der Waals surface area contributed by atoms with Crippen LogP contribution in [0.25, 0.3) is 0 Å². The maximum Gasteiger partial charge on any atom is 0.338 e. The predicted octanol–water partition coefficient (Wildman–Crippen LogP) is 2.87. The number of pyridine rings is 1. The summed E-state index contributed by atoms with van der Waals surface area (Å²) in [5, 5.41) is 2.76. The van der Waals surface area contributed by atoms with Crippen LogP contribution in [0.15, 0.2) is 54.9 Å². The molecule has 1 aromatic carbocycles. The number of hydrogen-bond acceptors (Lipinski definition) is 4. The second kappa shape index (κ2) is 7.47. The number of hydrogen-bond donors (Lipinski definition) is 1. The Morgan fingerprint density at radius 2 is 1.96 bits per heavy atom. The molecule has 1 aromatic heterocycles. The first-order valence-electron chi connectivity index (χ1n) is 8.57. The van der Waals surface area contributed by atoms with Gasteiger partial charge < -0.3 is 10.1 Å². The molecule has 1 heterocycles. The minimum absolute atomic E-state index is 0.133. The third-order valence-electron chi connectivity index (χ3n) is 4.90. The SMILES string of the molecule is CNC(=O)[C@]1(c2cccnc2)CCCC[C@H]1OC(=O)c1ccccc1. The summed E-state index contributed by atoms with van der Waals surface area (Å²) in [5.41, 5.74) is 0.385.